The molecule has 1 aliphatic rings. The van der Waals surface area contributed by atoms with Gasteiger partial charge in [0, 0.05) is 30.3 Å². The fourth-order valence-corrected chi connectivity index (χ4v) is 4.49. The van der Waals surface area contributed by atoms with Crippen molar-refractivity contribution in [3.8, 4) is 16.9 Å². The Hall–Kier alpha value is -3.71. The molecule has 1 amide bonds. The quantitative estimate of drug-likeness (QED) is 0.487. The number of hydrogen-bond acceptors (Lipinski definition) is 5. The molecule has 3 aromatic rings. The standard InChI is InChI=1S/C28H29FN2O4/c1-3-35-26-13-5-4-8-22(26)17-31-18-24(16-25(31)28(33)34-2)30-27(32)21-11-6-9-19(14-21)20-10-7-12-23(29)15-20/h4-15,24-25H,3,16-18H2,1-2H3,(H,30,32)/t24-,25+/m1/s1. The maximum atomic E-state index is 13.6. The van der Waals surface area contributed by atoms with Crippen LogP contribution in [0, 0.1) is 5.82 Å². The summed E-state index contributed by atoms with van der Waals surface area (Å²) in [6.07, 6.45) is 0.443. The number of nitrogens with zero attached hydrogens (tertiary/aromatic N) is 1. The molecule has 3 aromatic carbocycles. The van der Waals surface area contributed by atoms with Crippen LogP contribution in [0.25, 0.3) is 11.1 Å². The molecule has 2 atom stereocenters. The topological polar surface area (TPSA) is 67.9 Å². The third kappa shape index (κ3) is 5.87. The molecule has 0 radical (unpaired) electrons. The summed E-state index contributed by atoms with van der Waals surface area (Å²) in [7, 11) is 1.37. The molecule has 6 nitrogen and oxygen atoms in total. The van der Waals surface area contributed by atoms with Gasteiger partial charge in [-0.2, -0.15) is 0 Å². The van der Waals surface area contributed by atoms with Crippen LogP contribution in [-0.2, 0) is 16.1 Å². The van der Waals surface area contributed by atoms with Crippen molar-refractivity contribution < 1.29 is 23.5 Å². The second-order valence-corrected chi connectivity index (χ2v) is 8.51. The zero-order valence-corrected chi connectivity index (χ0v) is 19.9. The summed E-state index contributed by atoms with van der Waals surface area (Å²) in [5.41, 5.74) is 2.90. The molecule has 0 saturated carbocycles. The number of methoxy groups -OCH3 is 1. The molecule has 1 heterocycles. The average Bonchev–Trinajstić information content (AvgIpc) is 3.27. The molecule has 1 N–H and O–H groups in total. The van der Waals surface area contributed by atoms with E-state index in [-0.39, 0.29) is 23.7 Å². The van der Waals surface area contributed by atoms with Crippen LogP contribution >= 0.6 is 0 Å². The van der Waals surface area contributed by atoms with Crippen LogP contribution in [0.5, 0.6) is 5.75 Å². The van der Waals surface area contributed by atoms with E-state index in [2.05, 4.69) is 5.32 Å². The molecule has 0 aliphatic carbocycles. The van der Waals surface area contributed by atoms with Crippen LogP contribution < -0.4 is 10.1 Å². The van der Waals surface area contributed by atoms with E-state index in [0.717, 1.165) is 16.9 Å². The maximum Gasteiger partial charge on any atom is 0.323 e. The van der Waals surface area contributed by atoms with Gasteiger partial charge in [0.15, 0.2) is 0 Å². The van der Waals surface area contributed by atoms with E-state index >= 15 is 0 Å². The highest BCUT2D eigenvalue weighted by Crippen LogP contribution is 2.27. The molecule has 1 aliphatic heterocycles. The number of para-hydroxylation sites is 1. The van der Waals surface area contributed by atoms with E-state index in [0.29, 0.717) is 37.2 Å². The zero-order chi connectivity index (χ0) is 24.8. The lowest BCUT2D eigenvalue weighted by molar-refractivity contribution is -0.146. The lowest BCUT2D eigenvalue weighted by Gasteiger charge is -2.23. The van der Waals surface area contributed by atoms with Gasteiger partial charge in [0.2, 0.25) is 0 Å². The fourth-order valence-electron chi connectivity index (χ4n) is 4.49. The van der Waals surface area contributed by atoms with E-state index < -0.39 is 6.04 Å². The predicted molar refractivity (Wildman–Crippen MR) is 132 cm³/mol. The monoisotopic (exact) mass is 476 g/mol. The summed E-state index contributed by atoms with van der Waals surface area (Å²) < 4.78 is 24.4. The lowest BCUT2D eigenvalue weighted by Crippen LogP contribution is -2.37. The summed E-state index contributed by atoms with van der Waals surface area (Å²) in [4.78, 5) is 27.6. The summed E-state index contributed by atoms with van der Waals surface area (Å²) in [5.74, 6) is -0.124. The van der Waals surface area contributed by atoms with Crippen molar-refractivity contribution in [1.82, 2.24) is 10.2 Å². The van der Waals surface area contributed by atoms with Gasteiger partial charge in [-0.15, -0.1) is 0 Å². The smallest absolute Gasteiger partial charge is 0.323 e. The Morgan fingerprint density at radius 2 is 1.77 bits per heavy atom. The first-order chi connectivity index (χ1) is 17.0. The normalized spacial score (nSPS) is 17.7. The molecule has 35 heavy (non-hydrogen) atoms. The minimum atomic E-state index is -0.474. The number of ether oxygens (including phenoxy) is 2. The minimum absolute atomic E-state index is 0.233. The molecule has 4 rings (SSSR count). The van der Waals surface area contributed by atoms with Crippen molar-refractivity contribution >= 4 is 11.9 Å². The number of benzene rings is 3. The van der Waals surface area contributed by atoms with Gasteiger partial charge in [0.25, 0.3) is 5.91 Å². The fraction of sp³-hybridized carbons (Fsp3) is 0.286. The summed E-state index contributed by atoms with van der Waals surface area (Å²) >= 11 is 0. The van der Waals surface area contributed by atoms with Crippen LogP contribution in [-0.4, -0.2) is 49.1 Å². The van der Waals surface area contributed by atoms with Gasteiger partial charge in [-0.05, 0) is 54.8 Å². The van der Waals surface area contributed by atoms with E-state index in [1.807, 2.05) is 42.2 Å². The number of nitrogens with one attached hydrogen (secondary N) is 1. The van der Waals surface area contributed by atoms with Gasteiger partial charge in [0.1, 0.15) is 17.6 Å². The largest absolute Gasteiger partial charge is 0.494 e. The van der Waals surface area contributed by atoms with Gasteiger partial charge in [-0.1, -0.05) is 42.5 Å². The number of likely N-dealkylation sites (tertiary alicyclic amines) is 1. The van der Waals surface area contributed by atoms with Crippen molar-refractivity contribution in [2.24, 2.45) is 0 Å². The first-order valence-corrected chi connectivity index (χ1v) is 11.7. The van der Waals surface area contributed by atoms with Crippen molar-refractivity contribution in [1.29, 1.82) is 0 Å². The van der Waals surface area contributed by atoms with E-state index in [1.54, 1.807) is 30.3 Å². The third-order valence-corrected chi connectivity index (χ3v) is 6.14. The van der Waals surface area contributed by atoms with E-state index in [9.17, 15) is 14.0 Å². The Balaban J connectivity index is 1.48. The highest BCUT2D eigenvalue weighted by Gasteiger charge is 2.38. The minimum Gasteiger partial charge on any atom is -0.494 e. The highest BCUT2D eigenvalue weighted by atomic mass is 19.1. The first-order valence-electron chi connectivity index (χ1n) is 11.7. The molecule has 7 heteroatoms. The number of halogens is 1. The lowest BCUT2D eigenvalue weighted by atomic mass is 10.0. The maximum absolute atomic E-state index is 13.6. The average molecular weight is 477 g/mol. The molecule has 182 valence electrons. The Morgan fingerprint density at radius 1 is 1.03 bits per heavy atom. The summed E-state index contributed by atoms with van der Waals surface area (Å²) in [5, 5.41) is 3.06. The van der Waals surface area contributed by atoms with Crippen LogP contribution in [0.2, 0.25) is 0 Å². The molecule has 1 saturated heterocycles. The summed E-state index contributed by atoms with van der Waals surface area (Å²) in [6, 6.07) is 20.4. The van der Waals surface area contributed by atoms with E-state index in [1.165, 1.54) is 19.2 Å². The van der Waals surface area contributed by atoms with Crippen molar-refractivity contribution in [3.63, 3.8) is 0 Å². The Morgan fingerprint density at radius 3 is 2.51 bits per heavy atom. The van der Waals surface area contributed by atoms with Gasteiger partial charge in [-0.25, -0.2) is 4.39 Å². The predicted octanol–water partition coefficient (Wildman–Crippen LogP) is 4.44. The molecular weight excluding hydrogens is 447 g/mol. The Bertz CT molecular complexity index is 1200. The number of esters is 1. The number of carbonyl (C=O) groups excluding carboxylic acids is 2. The number of hydrogen-bond donors (Lipinski definition) is 1. The van der Waals surface area contributed by atoms with Crippen molar-refractivity contribution in [2.45, 2.75) is 32.0 Å². The SMILES string of the molecule is CCOc1ccccc1CN1C[C@H](NC(=O)c2cccc(-c3cccc(F)c3)c2)C[C@H]1C(=O)OC. The van der Waals surface area contributed by atoms with Crippen LogP contribution in [0.3, 0.4) is 0 Å². The van der Waals surface area contributed by atoms with Crippen LogP contribution in [0.4, 0.5) is 4.39 Å². The first kappa shape index (κ1) is 24.4. The number of carbonyl (C=O) groups is 2. The molecular formula is C28H29FN2O4. The van der Waals surface area contributed by atoms with Crippen LogP contribution in [0.15, 0.2) is 72.8 Å². The third-order valence-electron chi connectivity index (χ3n) is 6.14. The second-order valence-electron chi connectivity index (χ2n) is 8.51. The van der Waals surface area contributed by atoms with Gasteiger partial charge in [-0.3, -0.25) is 14.5 Å². The second kappa shape index (κ2) is 11.1. The zero-order valence-electron chi connectivity index (χ0n) is 19.9. The van der Waals surface area contributed by atoms with E-state index in [4.69, 9.17) is 9.47 Å². The van der Waals surface area contributed by atoms with Crippen LogP contribution in [0.1, 0.15) is 29.3 Å². The molecule has 0 bridgehead atoms. The summed E-state index contributed by atoms with van der Waals surface area (Å²) in [6.45, 7) is 3.47. The highest BCUT2D eigenvalue weighted by molar-refractivity contribution is 5.95. The molecule has 0 aromatic heterocycles. The van der Waals surface area contributed by atoms with Gasteiger partial charge < -0.3 is 14.8 Å². The van der Waals surface area contributed by atoms with Crippen molar-refractivity contribution in [3.05, 3.63) is 89.7 Å². The molecule has 0 unspecified atom stereocenters. The van der Waals surface area contributed by atoms with Gasteiger partial charge >= 0.3 is 5.97 Å². The molecule has 1 fully saturated rings. The Kier molecular flexibility index (Phi) is 7.77. The van der Waals surface area contributed by atoms with Gasteiger partial charge in [0.05, 0.1) is 13.7 Å². The number of amides is 1. The van der Waals surface area contributed by atoms with Crippen molar-refractivity contribution in [2.75, 3.05) is 20.3 Å². The number of rotatable bonds is 8. The Labute approximate surface area is 204 Å². The molecule has 0 spiro atoms.